The van der Waals surface area contributed by atoms with Crippen molar-refractivity contribution in [3.05, 3.63) is 34.9 Å². The molecule has 1 aliphatic heterocycles. The Bertz CT molecular complexity index is 636. The fourth-order valence-electron chi connectivity index (χ4n) is 1.84. The molecule has 0 N–H and O–H groups in total. The number of esters is 1. The van der Waals surface area contributed by atoms with Crippen molar-refractivity contribution in [1.82, 2.24) is 5.06 Å². The Morgan fingerprint density at radius 3 is 2.43 bits per heavy atom. The van der Waals surface area contributed by atoms with Gasteiger partial charge in [-0.1, -0.05) is 12.0 Å². The number of imide groups is 1. The smallest absolute Gasteiger partial charge is 0.338 e. The highest BCUT2D eigenvalue weighted by Crippen LogP contribution is 2.24. The zero-order valence-corrected chi connectivity index (χ0v) is 11.5. The first kappa shape index (κ1) is 14.7. The molecule has 0 aliphatic carbocycles. The molecule has 0 spiro atoms. The van der Waals surface area contributed by atoms with Gasteiger partial charge in [0.05, 0.1) is 23.3 Å². The van der Waals surface area contributed by atoms with Crippen LogP contribution in [0.15, 0.2) is 18.2 Å². The van der Waals surface area contributed by atoms with Gasteiger partial charge in [0.15, 0.2) is 0 Å². The van der Waals surface area contributed by atoms with Crippen molar-refractivity contribution in [3.63, 3.8) is 0 Å². The van der Waals surface area contributed by atoms with Crippen molar-refractivity contribution in [3.8, 4) is 0 Å². The molecule has 0 saturated heterocycles. The van der Waals surface area contributed by atoms with E-state index >= 15 is 0 Å². The number of fused-ring (bicyclic) bond motifs is 1. The lowest BCUT2D eigenvalue weighted by atomic mass is 10.1. The average molecular weight is 291 g/mol. The Morgan fingerprint density at radius 1 is 1.14 bits per heavy atom. The second-order valence-electron chi connectivity index (χ2n) is 4.38. The summed E-state index contributed by atoms with van der Waals surface area (Å²) < 4.78 is 4.96. The van der Waals surface area contributed by atoms with Crippen molar-refractivity contribution >= 4 is 23.8 Å². The molecule has 0 aromatic heterocycles. The molecule has 0 unspecified atom stereocenters. The van der Waals surface area contributed by atoms with Gasteiger partial charge in [-0.05, 0) is 24.6 Å². The van der Waals surface area contributed by atoms with Gasteiger partial charge in [-0.2, -0.15) is 0 Å². The van der Waals surface area contributed by atoms with Crippen LogP contribution in [0, 0.1) is 0 Å². The Balaban J connectivity index is 2.29. The Kier molecular flexibility index (Phi) is 4.02. The van der Waals surface area contributed by atoms with E-state index in [1.54, 1.807) is 0 Å². The number of benzene rings is 1. The van der Waals surface area contributed by atoms with E-state index in [4.69, 9.17) is 4.74 Å². The summed E-state index contributed by atoms with van der Waals surface area (Å²) in [5.41, 5.74) is 0.244. The summed E-state index contributed by atoms with van der Waals surface area (Å²) in [6, 6.07) is 3.98. The number of hydroxylamine groups is 2. The van der Waals surface area contributed by atoms with Crippen molar-refractivity contribution in [1.29, 1.82) is 0 Å². The first-order valence-electron chi connectivity index (χ1n) is 6.34. The molecule has 1 heterocycles. The minimum atomic E-state index is -0.785. The van der Waals surface area contributed by atoms with E-state index in [0.29, 0.717) is 11.5 Å². The SMILES string of the molecule is CCCOC(=O)c1ccc2c(c1)C(=O)N(OC(C)=O)C2=O. The van der Waals surface area contributed by atoms with Crippen LogP contribution in [0.4, 0.5) is 0 Å². The van der Waals surface area contributed by atoms with Crippen molar-refractivity contribution in [2.75, 3.05) is 6.61 Å². The third kappa shape index (κ3) is 2.76. The Hall–Kier alpha value is -2.70. The molecule has 0 saturated carbocycles. The number of carbonyl (C=O) groups excluding carboxylic acids is 4. The quantitative estimate of drug-likeness (QED) is 0.614. The highest BCUT2D eigenvalue weighted by molar-refractivity contribution is 6.21. The lowest BCUT2D eigenvalue weighted by Gasteiger charge is -2.10. The third-order valence-corrected chi connectivity index (χ3v) is 2.74. The molecule has 0 fully saturated rings. The number of amides is 2. The first-order valence-corrected chi connectivity index (χ1v) is 6.34. The van der Waals surface area contributed by atoms with Gasteiger partial charge in [0, 0.05) is 6.92 Å². The van der Waals surface area contributed by atoms with E-state index in [1.807, 2.05) is 6.92 Å². The molecule has 0 radical (unpaired) electrons. The maximum atomic E-state index is 12.0. The van der Waals surface area contributed by atoms with Crippen LogP contribution in [0.2, 0.25) is 0 Å². The second-order valence-corrected chi connectivity index (χ2v) is 4.38. The predicted molar refractivity (Wildman–Crippen MR) is 69.3 cm³/mol. The largest absolute Gasteiger partial charge is 0.462 e. The second kappa shape index (κ2) is 5.74. The van der Waals surface area contributed by atoms with E-state index in [1.165, 1.54) is 18.2 Å². The van der Waals surface area contributed by atoms with Gasteiger partial charge in [-0.25, -0.2) is 9.59 Å². The summed E-state index contributed by atoms with van der Waals surface area (Å²) in [7, 11) is 0. The monoisotopic (exact) mass is 291 g/mol. The number of hydrogen-bond acceptors (Lipinski definition) is 6. The highest BCUT2D eigenvalue weighted by atomic mass is 16.7. The number of ether oxygens (including phenoxy) is 1. The van der Waals surface area contributed by atoms with Gasteiger partial charge in [0.1, 0.15) is 0 Å². The summed E-state index contributed by atoms with van der Waals surface area (Å²) in [6.45, 7) is 3.20. The van der Waals surface area contributed by atoms with Crippen LogP contribution >= 0.6 is 0 Å². The first-order chi connectivity index (χ1) is 9.95. The van der Waals surface area contributed by atoms with Gasteiger partial charge in [0.25, 0.3) is 11.8 Å². The third-order valence-electron chi connectivity index (χ3n) is 2.74. The summed E-state index contributed by atoms with van der Waals surface area (Å²) in [6.07, 6.45) is 0.675. The van der Waals surface area contributed by atoms with Crippen LogP contribution < -0.4 is 0 Å². The van der Waals surface area contributed by atoms with Crippen LogP contribution in [0.5, 0.6) is 0 Å². The van der Waals surface area contributed by atoms with Gasteiger partial charge in [0.2, 0.25) is 0 Å². The van der Waals surface area contributed by atoms with Crippen LogP contribution in [0.1, 0.15) is 51.3 Å². The minimum absolute atomic E-state index is 0.00667. The lowest BCUT2D eigenvalue weighted by molar-refractivity contribution is -0.165. The molecular formula is C14H13NO6. The van der Waals surface area contributed by atoms with E-state index in [9.17, 15) is 19.2 Å². The molecule has 0 atom stereocenters. The van der Waals surface area contributed by atoms with Gasteiger partial charge in [-0.3, -0.25) is 9.59 Å². The highest BCUT2D eigenvalue weighted by Gasteiger charge is 2.39. The topological polar surface area (TPSA) is 90.0 Å². The number of rotatable bonds is 4. The molecule has 2 amide bonds. The zero-order chi connectivity index (χ0) is 15.6. The molecule has 21 heavy (non-hydrogen) atoms. The van der Waals surface area contributed by atoms with E-state index < -0.39 is 23.8 Å². The molecule has 110 valence electrons. The lowest BCUT2D eigenvalue weighted by Crippen LogP contribution is -2.31. The summed E-state index contributed by atoms with van der Waals surface area (Å²) in [5.74, 6) is -2.88. The van der Waals surface area contributed by atoms with Crippen LogP contribution in [0.3, 0.4) is 0 Å². The maximum absolute atomic E-state index is 12.0. The summed E-state index contributed by atoms with van der Waals surface area (Å²) >= 11 is 0. The van der Waals surface area contributed by atoms with Crippen molar-refractivity contribution < 1.29 is 28.8 Å². The van der Waals surface area contributed by atoms with Crippen LogP contribution in [-0.4, -0.2) is 35.4 Å². The fourth-order valence-corrected chi connectivity index (χ4v) is 1.84. The Morgan fingerprint density at radius 2 is 1.81 bits per heavy atom. The molecular weight excluding hydrogens is 278 g/mol. The standard InChI is InChI=1S/C14H13NO6/c1-3-6-20-14(19)9-4-5-10-11(7-9)13(18)15(12(10)17)21-8(2)16/h4-5,7H,3,6H2,1-2H3. The Labute approximate surface area is 120 Å². The van der Waals surface area contributed by atoms with Gasteiger partial charge < -0.3 is 9.57 Å². The van der Waals surface area contributed by atoms with Crippen molar-refractivity contribution in [2.45, 2.75) is 20.3 Å². The van der Waals surface area contributed by atoms with E-state index in [2.05, 4.69) is 4.84 Å². The van der Waals surface area contributed by atoms with Crippen LogP contribution in [0.25, 0.3) is 0 Å². The van der Waals surface area contributed by atoms with Gasteiger partial charge >= 0.3 is 11.9 Å². The molecule has 1 aromatic rings. The van der Waals surface area contributed by atoms with Crippen molar-refractivity contribution in [2.24, 2.45) is 0 Å². The molecule has 0 bridgehead atoms. The summed E-state index contributed by atoms with van der Waals surface area (Å²) in [4.78, 5) is 51.1. The molecule has 1 aromatic carbocycles. The number of nitrogens with zero attached hydrogens (tertiary/aromatic N) is 1. The zero-order valence-electron chi connectivity index (χ0n) is 11.5. The average Bonchev–Trinajstić information content (AvgIpc) is 2.69. The number of hydrogen-bond donors (Lipinski definition) is 0. The molecule has 7 nitrogen and oxygen atoms in total. The van der Waals surface area contributed by atoms with E-state index in [0.717, 1.165) is 6.92 Å². The molecule has 1 aliphatic rings. The van der Waals surface area contributed by atoms with Gasteiger partial charge in [-0.15, -0.1) is 0 Å². The van der Waals surface area contributed by atoms with Crippen LogP contribution in [-0.2, 0) is 14.4 Å². The van der Waals surface area contributed by atoms with E-state index in [-0.39, 0.29) is 23.3 Å². The fraction of sp³-hybridized carbons (Fsp3) is 0.286. The minimum Gasteiger partial charge on any atom is -0.462 e. The normalized spacial score (nSPS) is 13.1. The maximum Gasteiger partial charge on any atom is 0.338 e. The molecule has 2 rings (SSSR count). The summed E-state index contributed by atoms with van der Waals surface area (Å²) in [5, 5.41) is 0.383. The molecule has 7 heteroatoms. The number of carbonyl (C=O) groups is 4. The predicted octanol–water partition coefficient (Wildman–Crippen LogP) is 1.33.